The van der Waals surface area contributed by atoms with Gasteiger partial charge in [0.05, 0.1) is 45.0 Å². The molecule has 0 spiro atoms. The number of fused-ring (bicyclic) bond motifs is 5. The molecule has 13 nitrogen and oxygen atoms in total. The average Bonchev–Trinajstić information content (AvgIpc) is 3.72. The monoisotopic (exact) mass is 935 g/mol. The summed E-state index contributed by atoms with van der Waals surface area (Å²) in [6.45, 7) is -1.24. The summed E-state index contributed by atoms with van der Waals surface area (Å²) in [4.78, 5) is 37.9. The molecule has 2 aliphatic rings. The predicted molar refractivity (Wildman–Crippen MR) is 211 cm³/mol. The molecule has 1 saturated carbocycles. The molecule has 7 aromatic rings. The van der Waals surface area contributed by atoms with Crippen LogP contribution in [0.5, 0.6) is 0 Å². The van der Waals surface area contributed by atoms with Crippen LogP contribution in [0.25, 0.3) is 38.9 Å². The van der Waals surface area contributed by atoms with Crippen LogP contribution in [0.3, 0.4) is 0 Å². The van der Waals surface area contributed by atoms with Gasteiger partial charge in [-0.2, -0.15) is 32.1 Å². The van der Waals surface area contributed by atoms with Crippen molar-refractivity contribution in [3.63, 3.8) is 0 Å². The van der Waals surface area contributed by atoms with Crippen molar-refractivity contribution >= 4 is 55.3 Å². The van der Waals surface area contributed by atoms with Gasteiger partial charge in [0.25, 0.3) is 11.5 Å². The van der Waals surface area contributed by atoms with E-state index in [4.69, 9.17) is 11.6 Å². The molecule has 64 heavy (non-hydrogen) atoms. The van der Waals surface area contributed by atoms with Crippen LogP contribution < -0.4 is 15.6 Å². The van der Waals surface area contributed by atoms with Gasteiger partial charge in [-0.15, -0.1) is 0 Å². The van der Waals surface area contributed by atoms with Crippen molar-refractivity contribution in [1.29, 1.82) is 0 Å². The number of amides is 1. The fraction of sp³-hybridized carbons (Fsp3) is 0.250. The Morgan fingerprint density at radius 3 is 2.36 bits per heavy atom. The number of pyridine rings is 1. The fourth-order valence-corrected chi connectivity index (χ4v) is 9.06. The third-order valence-electron chi connectivity index (χ3n) is 10.9. The molecular weight excluding hydrogens is 909 g/mol. The van der Waals surface area contributed by atoms with Gasteiger partial charge in [-0.3, -0.25) is 28.2 Å². The van der Waals surface area contributed by atoms with Gasteiger partial charge in [-0.05, 0) is 66.4 Å². The Morgan fingerprint density at radius 1 is 0.969 bits per heavy atom. The van der Waals surface area contributed by atoms with E-state index >= 15 is 13.2 Å². The minimum atomic E-state index is -5.16. The molecule has 0 aliphatic heterocycles. The first-order chi connectivity index (χ1) is 30.0. The number of nitrogens with zero attached hydrogens (tertiary/aromatic N) is 7. The van der Waals surface area contributed by atoms with E-state index in [1.165, 1.54) is 31.3 Å². The number of anilines is 1. The van der Waals surface area contributed by atoms with Crippen LogP contribution in [0.4, 0.5) is 45.3 Å². The van der Waals surface area contributed by atoms with Crippen molar-refractivity contribution in [1.82, 2.24) is 39.4 Å². The Hall–Kier alpha value is -6.49. The van der Waals surface area contributed by atoms with Crippen LogP contribution in [0.1, 0.15) is 46.7 Å². The van der Waals surface area contributed by atoms with Crippen molar-refractivity contribution in [3.8, 4) is 16.9 Å². The number of aromatic nitrogens is 7. The van der Waals surface area contributed by atoms with Crippen LogP contribution in [0.15, 0.2) is 65.5 Å². The number of carbonyl (C=O) groups is 1. The molecule has 0 bridgehead atoms. The van der Waals surface area contributed by atoms with Gasteiger partial charge in [-0.1, -0.05) is 11.6 Å². The van der Waals surface area contributed by atoms with Gasteiger partial charge in [0.15, 0.2) is 17.2 Å². The molecule has 0 radical (unpaired) electrons. The first-order valence-corrected chi connectivity index (χ1v) is 21.1. The summed E-state index contributed by atoms with van der Waals surface area (Å²) in [5, 5.41) is 9.74. The number of halogens is 10. The summed E-state index contributed by atoms with van der Waals surface area (Å²) < 4.78 is 161. The molecule has 2 N–H and O–H groups in total. The lowest BCUT2D eigenvalue weighted by Gasteiger charge is -2.24. The van der Waals surface area contributed by atoms with Gasteiger partial charge in [-0.25, -0.2) is 35.9 Å². The molecule has 2 unspecified atom stereocenters. The molecule has 3 atom stereocenters. The van der Waals surface area contributed by atoms with E-state index in [0.717, 1.165) is 39.8 Å². The van der Waals surface area contributed by atoms with Gasteiger partial charge < -0.3 is 5.32 Å². The molecule has 3 aromatic carbocycles. The number of carbonyl (C=O) groups excluding carboxylic acids is 1. The zero-order chi connectivity index (χ0) is 45.9. The van der Waals surface area contributed by atoms with E-state index in [9.17, 15) is 44.3 Å². The maximum Gasteiger partial charge on any atom is 0.435 e. The standard InChI is InChI=1S/C40H27ClF9N9O4S/c1-57-32-28(8-6-24(41)31(32)36(55-57)56-64(2,62)63)59-37(53-35-21(38(59)61)5-7-26(52-35)20-4-3-17(42)13-25(20)45)27(11-16-9-18(43)12-19(44)10-16)51-29(60)15-58-34-30(33(54-58)40(48,49)50)22-14-23(22)39(34,46)47/h3-10,12-13,22-23,27H,11,14-15H2,1-2H3,(H,51,60)(H,55,56)/t22?,23?,27-/m0/s1. The summed E-state index contributed by atoms with van der Waals surface area (Å²) in [6, 6.07) is 8.13. The third-order valence-corrected chi connectivity index (χ3v) is 11.8. The number of rotatable bonds is 10. The summed E-state index contributed by atoms with van der Waals surface area (Å²) in [5.74, 6) is -12.5. The third kappa shape index (κ3) is 7.38. The predicted octanol–water partition coefficient (Wildman–Crippen LogP) is 7.44. The molecule has 9 rings (SSSR count). The van der Waals surface area contributed by atoms with Gasteiger partial charge in [0.1, 0.15) is 41.3 Å². The van der Waals surface area contributed by atoms with Gasteiger partial charge in [0.2, 0.25) is 15.9 Å². The molecular formula is C40H27ClF9N9O4S. The molecule has 1 amide bonds. The molecule has 24 heteroatoms. The van der Waals surface area contributed by atoms with E-state index in [1.807, 2.05) is 0 Å². The minimum absolute atomic E-state index is 0.0180. The van der Waals surface area contributed by atoms with E-state index in [2.05, 4.69) is 30.2 Å². The van der Waals surface area contributed by atoms with Crippen LogP contribution >= 0.6 is 11.6 Å². The Balaban J connectivity index is 1.27. The Kier molecular flexibility index (Phi) is 9.89. The highest BCUT2D eigenvalue weighted by atomic mass is 35.5. The van der Waals surface area contributed by atoms with Crippen molar-refractivity contribution in [2.45, 2.75) is 43.4 Å². The quantitative estimate of drug-likeness (QED) is 0.134. The van der Waals surface area contributed by atoms with Crippen LogP contribution in [-0.4, -0.2) is 54.7 Å². The number of sulfonamides is 1. The first kappa shape index (κ1) is 42.8. The number of hydrogen-bond acceptors (Lipinski definition) is 8. The Labute approximate surface area is 358 Å². The first-order valence-electron chi connectivity index (χ1n) is 18.8. The lowest BCUT2D eigenvalue weighted by atomic mass is 10.0. The SMILES string of the molecule is Cn1nc(NS(C)(=O)=O)c2c(Cl)ccc(-n3c([C@H](Cc4cc(F)cc(F)c4)NC(=O)Cn4nc(C(F)(F)F)c5c4C(F)(F)C4CC54)nc4nc(-c5ccc(F)cc5F)ccc4c3=O)c21. The lowest BCUT2D eigenvalue weighted by Crippen LogP contribution is -2.38. The zero-order valence-electron chi connectivity index (χ0n) is 32.6. The lowest BCUT2D eigenvalue weighted by molar-refractivity contribution is -0.142. The molecule has 4 aromatic heterocycles. The second-order valence-electron chi connectivity index (χ2n) is 15.4. The smallest absolute Gasteiger partial charge is 0.344 e. The van der Waals surface area contributed by atoms with E-state index in [0.29, 0.717) is 12.1 Å². The molecule has 0 saturated heterocycles. The van der Waals surface area contributed by atoms with Crippen molar-refractivity contribution in [2.75, 3.05) is 11.0 Å². The summed E-state index contributed by atoms with van der Waals surface area (Å²) in [6.07, 6.45) is -5.18. The molecule has 2 aliphatic carbocycles. The Bertz CT molecular complexity index is 3300. The second kappa shape index (κ2) is 14.8. The number of nitrogens with one attached hydrogen (secondary N) is 2. The van der Waals surface area contributed by atoms with E-state index in [-0.39, 0.29) is 60.7 Å². The maximum absolute atomic E-state index is 15.5. The van der Waals surface area contributed by atoms with Crippen molar-refractivity contribution in [2.24, 2.45) is 13.0 Å². The summed E-state index contributed by atoms with van der Waals surface area (Å²) >= 11 is 6.57. The van der Waals surface area contributed by atoms with Gasteiger partial charge in [0, 0.05) is 42.6 Å². The van der Waals surface area contributed by atoms with E-state index in [1.54, 1.807) is 0 Å². The highest BCUT2D eigenvalue weighted by Gasteiger charge is 2.68. The van der Waals surface area contributed by atoms with Crippen LogP contribution in [-0.2, 0) is 46.9 Å². The Morgan fingerprint density at radius 2 is 1.69 bits per heavy atom. The number of hydrogen-bond donors (Lipinski definition) is 2. The summed E-state index contributed by atoms with van der Waals surface area (Å²) in [5.41, 5.74) is -5.50. The molecule has 332 valence electrons. The highest BCUT2D eigenvalue weighted by molar-refractivity contribution is 7.92. The number of aryl methyl sites for hydroxylation is 1. The topological polar surface area (TPSA) is 159 Å². The van der Waals surface area contributed by atoms with E-state index < -0.39 is 116 Å². The zero-order valence-corrected chi connectivity index (χ0v) is 34.2. The number of alkyl halides is 5. The van der Waals surface area contributed by atoms with Gasteiger partial charge >= 0.3 is 6.18 Å². The van der Waals surface area contributed by atoms with Crippen LogP contribution in [0.2, 0.25) is 5.02 Å². The second-order valence-corrected chi connectivity index (χ2v) is 17.5. The highest BCUT2D eigenvalue weighted by Crippen LogP contribution is 2.68. The fourth-order valence-electron chi connectivity index (χ4n) is 8.32. The molecule has 4 heterocycles. The maximum atomic E-state index is 15.5. The van der Waals surface area contributed by atoms with Crippen molar-refractivity contribution < 1.29 is 52.7 Å². The average molecular weight is 936 g/mol. The minimum Gasteiger partial charge on any atom is -0.344 e. The van der Waals surface area contributed by atoms with Crippen molar-refractivity contribution in [3.05, 3.63) is 128 Å². The van der Waals surface area contributed by atoms with Crippen LogP contribution in [0, 0.1) is 29.2 Å². The normalized spacial score (nSPS) is 17.1. The summed E-state index contributed by atoms with van der Waals surface area (Å²) in [7, 11) is -2.62. The number of benzene rings is 3. The molecule has 1 fully saturated rings. The largest absolute Gasteiger partial charge is 0.435 e.